The van der Waals surface area contributed by atoms with Crippen LogP contribution in [0.5, 0.6) is 5.75 Å². The maximum Gasteiger partial charge on any atom is 0.270 e. The first-order chi connectivity index (χ1) is 15.5. The minimum atomic E-state index is -4.25. The van der Waals surface area contributed by atoms with Crippen molar-refractivity contribution in [3.8, 4) is 5.75 Å². The number of pyridine rings is 1. The molecule has 3 aromatic rings. The summed E-state index contributed by atoms with van der Waals surface area (Å²) in [6, 6.07) is 13.1. The third kappa shape index (κ3) is 4.30. The molecule has 1 aromatic heterocycles. The number of methoxy groups -OCH3 is 1. The fraction of sp³-hybridized carbons (Fsp3) is 0.333. The van der Waals surface area contributed by atoms with E-state index in [-0.39, 0.29) is 28.5 Å². The lowest BCUT2D eigenvalue weighted by Crippen LogP contribution is -2.47. The Labute approximate surface area is 198 Å². The van der Waals surface area contributed by atoms with E-state index in [1.54, 1.807) is 30.3 Å². The van der Waals surface area contributed by atoms with Crippen LogP contribution in [-0.2, 0) is 25.2 Å². The Kier molecular flexibility index (Phi) is 5.88. The zero-order valence-corrected chi connectivity index (χ0v) is 20.4. The Morgan fingerprint density at radius 3 is 2.61 bits per heavy atom. The van der Waals surface area contributed by atoms with E-state index in [1.807, 2.05) is 26.8 Å². The molecule has 0 radical (unpaired) electrons. The number of hydrogen-bond donors (Lipinski definition) is 1. The first kappa shape index (κ1) is 23.5. The van der Waals surface area contributed by atoms with Crippen molar-refractivity contribution in [1.29, 1.82) is 0 Å². The molecule has 1 amide bonds. The molecule has 4 rings (SSSR count). The highest BCUT2D eigenvalue weighted by atomic mass is 35.5. The van der Waals surface area contributed by atoms with Crippen molar-refractivity contribution in [2.75, 3.05) is 13.7 Å². The summed E-state index contributed by atoms with van der Waals surface area (Å²) in [4.78, 5) is 17.8. The van der Waals surface area contributed by atoms with Gasteiger partial charge < -0.3 is 9.47 Å². The molecule has 1 atom stereocenters. The van der Waals surface area contributed by atoms with Gasteiger partial charge in [0.05, 0.1) is 24.1 Å². The summed E-state index contributed by atoms with van der Waals surface area (Å²) >= 11 is 5.95. The number of hydrogen-bond acceptors (Lipinski definition) is 6. The van der Waals surface area contributed by atoms with Crippen LogP contribution in [0.2, 0.25) is 5.15 Å². The summed E-state index contributed by atoms with van der Waals surface area (Å²) in [5, 5.41) is 0.602. The normalized spacial score (nSPS) is 20.0. The summed E-state index contributed by atoms with van der Waals surface area (Å²) in [5.41, 5.74) is -0.0808. The Bertz CT molecular complexity index is 1360. The molecule has 0 unspecified atom stereocenters. The summed E-state index contributed by atoms with van der Waals surface area (Å²) < 4.78 is 40.6. The van der Waals surface area contributed by atoms with Gasteiger partial charge in [-0.25, -0.2) is 18.1 Å². The molecular weight excluding hydrogens is 464 g/mol. The van der Waals surface area contributed by atoms with E-state index in [0.717, 1.165) is 5.56 Å². The average molecular weight is 489 g/mol. The predicted octanol–water partition coefficient (Wildman–Crippen LogP) is 4.35. The molecule has 2 heterocycles. The van der Waals surface area contributed by atoms with Crippen LogP contribution < -0.4 is 9.46 Å². The second-order valence-corrected chi connectivity index (χ2v) is 11.1. The number of aryl methyl sites for hydroxylation is 1. The fourth-order valence-electron chi connectivity index (χ4n) is 4.27. The number of halogens is 1. The second-order valence-electron chi connectivity index (χ2n) is 9.05. The van der Waals surface area contributed by atoms with E-state index in [1.165, 1.54) is 19.2 Å². The Hall–Kier alpha value is -2.68. The number of carbonyl (C=O) groups excluding carboxylic acids is 1. The molecule has 1 saturated heterocycles. The molecule has 174 valence electrons. The smallest absolute Gasteiger partial charge is 0.270 e. The molecule has 0 spiro atoms. The number of sulfonamides is 1. The van der Waals surface area contributed by atoms with Crippen LogP contribution >= 0.6 is 11.6 Å². The van der Waals surface area contributed by atoms with E-state index in [2.05, 4.69) is 9.71 Å². The van der Waals surface area contributed by atoms with Crippen LogP contribution in [0.15, 0.2) is 53.4 Å². The number of carbonyl (C=O) groups is 1. The largest absolute Gasteiger partial charge is 0.496 e. The Morgan fingerprint density at radius 1 is 1.18 bits per heavy atom. The lowest BCUT2D eigenvalue weighted by molar-refractivity contribution is -0.140. The van der Waals surface area contributed by atoms with Gasteiger partial charge in [-0.1, -0.05) is 43.1 Å². The minimum absolute atomic E-state index is 0.0684. The maximum atomic E-state index is 13.7. The monoisotopic (exact) mass is 488 g/mol. The number of nitrogens with one attached hydrogen (secondary N) is 1. The molecular formula is C24H25ClN2O5S. The highest BCUT2D eigenvalue weighted by molar-refractivity contribution is 7.90. The van der Waals surface area contributed by atoms with Crippen molar-refractivity contribution in [3.05, 3.63) is 64.8 Å². The molecule has 1 N–H and O–H groups in total. The Balaban J connectivity index is 1.80. The quantitative estimate of drug-likeness (QED) is 0.536. The second kappa shape index (κ2) is 8.27. The number of rotatable bonds is 5. The Morgan fingerprint density at radius 2 is 1.94 bits per heavy atom. The van der Waals surface area contributed by atoms with Crippen LogP contribution in [0.3, 0.4) is 0 Å². The molecule has 0 saturated carbocycles. The van der Waals surface area contributed by atoms with Crippen molar-refractivity contribution >= 4 is 38.4 Å². The summed E-state index contributed by atoms with van der Waals surface area (Å²) in [6.07, 6.45) is 0.286. The van der Waals surface area contributed by atoms with Crippen molar-refractivity contribution in [2.24, 2.45) is 5.41 Å². The topological polar surface area (TPSA) is 94.6 Å². The first-order valence-corrected chi connectivity index (χ1v) is 12.3. The van der Waals surface area contributed by atoms with Gasteiger partial charge in [-0.2, -0.15) is 0 Å². The van der Waals surface area contributed by atoms with Gasteiger partial charge in [0, 0.05) is 10.9 Å². The third-order valence-corrected chi connectivity index (χ3v) is 7.37. The number of fused-ring (bicyclic) bond motifs is 1. The summed E-state index contributed by atoms with van der Waals surface area (Å²) in [5.74, 6) is -0.314. The molecule has 1 aliphatic rings. The van der Waals surface area contributed by atoms with E-state index in [0.29, 0.717) is 22.2 Å². The number of ether oxygens (including phenoxy) is 2. The van der Waals surface area contributed by atoms with Gasteiger partial charge in [0.15, 0.2) is 5.60 Å². The number of benzene rings is 2. The van der Waals surface area contributed by atoms with Crippen LogP contribution in [0.25, 0.3) is 10.9 Å². The predicted molar refractivity (Wildman–Crippen MR) is 126 cm³/mol. The SMILES string of the molecule is COc1ccc(C)cc1[C@]1(C(=O)NS(=O)(=O)c2cccc3nc(Cl)ccc23)CC(C)(C)CO1. The van der Waals surface area contributed by atoms with Gasteiger partial charge in [0.1, 0.15) is 10.9 Å². The molecule has 33 heavy (non-hydrogen) atoms. The highest BCUT2D eigenvalue weighted by Gasteiger charge is 2.53. The fourth-order valence-corrected chi connectivity index (χ4v) is 5.66. The number of amides is 1. The van der Waals surface area contributed by atoms with Crippen LogP contribution in [-0.4, -0.2) is 33.0 Å². The van der Waals surface area contributed by atoms with E-state index < -0.39 is 21.5 Å². The lowest BCUT2D eigenvalue weighted by Gasteiger charge is -2.30. The van der Waals surface area contributed by atoms with E-state index >= 15 is 0 Å². The minimum Gasteiger partial charge on any atom is -0.496 e. The molecule has 0 bridgehead atoms. The zero-order valence-electron chi connectivity index (χ0n) is 18.8. The number of aromatic nitrogens is 1. The van der Waals surface area contributed by atoms with Crippen LogP contribution in [0, 0.1) is 12.3 Å². The van der Waals surface area contributed by atoms with Gasteiger partial charge in [-0.15, -0.1) is 0 Å². The van der Waals surface area contributed by atoms with Crippen molar-refractivity contribution in [2.45, 2.75) is 37.7 Å². The van der Waals surface area contributed by atoms with E-state index in [9.17, 15) is 13.2 Å². The van der Waals surface area contributed by atoms with Crippen molar-refractivity contribution < 1.29 is 22.7 Å². The van der Waals surface area contributed by atoms with Crippen molar-refractivity contribution in [3.63, 3.8) is 0 Å². The molecule has 0 aliphatic carbocycles. The first-order valence-electron chi connectivity index (χ1n) is 10.4. The van der Waals surface area contributed by atoms with Crippen molar-refractivity contribution in [1.82, 2.24) is 9.71 Å². The standard InChI is InChI=1S/C24H25ClN2O5S/c1-15-8-10-19(31-4)17(12-15)24(13-23(2,3)14-32-24)22(28)27-33(29,30)20-7-5-6-18-16(20)9-11-21(25)26-18/h5-12H,13-14H2,1-4H3,(H,27,28)/t24-/m0/s1. The lowest BCUT2D eigenvalue weighted by atomic mass is 9.79. The summed E-state index contributed by atoms with van der Waals surface area (Å²) in [6.45, 7) is 6.12. The molecule has 9 heteroatoms. The maximum absolute atomic E-state index is 13.7. The highest BCUT2D eigenvalue weighted by Crippen LogP contribution is 2.48. The zero-order chi connectivity index (χ0) is 24.0. The summed E-state index contributed by atoms with van der Waals surface area (Å²) in [7, 11) is -2.75. The van der Waals surface area contributed by atoms with Crippen LogP contribution in [0.4, 0.5) is 0 Å². The van der Waals surface area contributed by atoms with Gasteiger partial charge in [0.25, 0.3) is 15.9 Å². The number of nitrogens with zero attached hydrogens (tertiary/aromatic N) is 1. The van der Waals surface area contributed by atoms with Gasteiger partial charge >= 0.3 is 0 Å². The molecule has 7 nitrogen and oxygen atoms in total. The van der Waals surface area contributed by atoms with Gasteiger partial charge in [-0.3, -0.25) is 4.79 Å². The molecule has 1 fully saturated rings. The van der Waals surface area contributed by atoms with Crippen LogP contribution in [0.1, 0.15) is 31.4 Å². The molecule has 1 aliphatic heterocycles. The molecule has 2 aromatic carbocycles. The van der Waals surface area contributed by atoms with E-state index in [4.69, 9.17) is 21.1 Å². The van der Waals surface area contributed by atoms with Gasteiger partial charge in [-0.05, 0) is 55.2 Å². The third-order valence-electron chi connectivity index (χ3n) is 5.77. The average Bonchev–Trinajstić information content (AvgIpc) is 3.09. The van der Waals surface area contributed by atoms with Gasteiger partial charge in [0.2, 0.25) is 0 Å².